The van der Waals surface area contributed by atoms with Crippen LogP contribution in [0.2, 0.25) is 0 Å². The maximum Gasteiger partial charge on any atom is 0.315 e. The molecule has 1 rings (SSSR count). The number of nitrogens with one attached hydrogen (secondary N) is 2. The molecule has 0 saturated heterocycles. The van der Waals surface area contributed by atoms with Crippen molar-refractivity contribution in [3.05, 3.63) is 0 Å². The molecule has 0 radical (unpaired) electrons. The Morgan fingerprint density at radius 1 is 1.41 bits per heavy atom. The van der Waals surface area contributed by atoms with E-state index in [0.717, 1.165) is 5.92 Å². The molecule has 0 aromatic heterocycles. The number of amides is 2. The van der Waals surface area contributed by atoms with Crippen molar-refractivity contribution in [1.82, 2.24) is 10.6 Å². The SMILES string of the molecule is CC1CCC(CNC(=O)NC(C)CC(=O)O)C1. The van der Waals surface area contributed by atoms with Gasteiger partial charge in [-0.15, -0.1) is 0 Å². The van der Waals surface area contributed by atoms with Crippen LogP contribution in [0.25, 0.3) is 0 Å². The topological polar surface area (TPSA) is 78.4 Å². The van der Waals surface area contributed by atoms with Gasteiger partial charge in [-0.3, -0.25) is 4.79 Å². The van der Waals surface area contributed by atoms with E-state index in [-0.39, 0.29) is 18.5 Å². The Kier molecular flexibility index (Phi) is 5.25. The molecule has 0 aliphatic heterocycles. The monoisotopic (exact) mass is 242 g/mol. The summed E-state index contributed by atoms with van der Waals surface area (Å²) in [6.45, 7) is 4.61. The zero-order valence-corrected chi connectivity index (χ0v) is 10.5. The molecule has 0 spiro atoms. The Balaban J connectivity index is 2.14. The standard InChI is InChI=1S/C12H22N2O3/c1-8-3-4-10(5-8)7-13-12(17)14-9(2)6-11(15)16/h8-10H,3-7H2,1-2H3,(H,15,16)(H2,13,14,17). The highest BCUT2D eigenvalue weighted by molar-refractivity contribution is 5.75. The molecule has 5 heteroatoms. The largest absolute Gasteiger partial charge is 0.481 e. The van der Waals surface area contributed by atoms with Crippen molar-refractivity contribution in [2.45, 2.75) is 45.6 Å². The first-order valence-electron chi connectivity index (χ1n) is 6.23. The average Bonchev–Trinajstić information content (AvgIpc) is 2.59. The number of hydrogen-bond acceptors (Lipinski definition) is 2. The highest BCUT2D eigenvalue weighted by Crippen LogP contribution is 2.29. The highest BCUT2D eigenvalue weighted by Gasteiger charge is 2.21. The number of carboxylic acids is 1. The fraction of sp³-hybridized carbons (Fsp3) is 0.833. The Hall–Kier alpha value is -1.26. The molecule has 1 aliphatic rings. The van der Waals surface area contributed by atoms with Crippen LogP contribution < -0.4 is 10.6 Å². The first-order valence-corrected chi connectivity index (χ1v) is 6.23. The van der Waals surface area contributed by atoms with Crippen LogP contribution in [0.5, 0.6) is 0 Å². The minimum Gasteiger partial charge on any atom is -0.481 e. The van der Waals surface area contributed by atoms with Gasteiger partial charge in [0.05, 0.1) is 6.42 Å². The lowest BCUT2D eigenvalue weighted by Gasteiger charge is -2.15. The fourth-order valence-electron chi connectivity index (χ4n) is 2.34. The minimum absolute atomic E-state index is 0.0477. The smallest absolute Gasteiger partial charge is 0.315 e. The maximum atomic E-state index is 11.5. The Morgan fingerprint density at radius 2 is 2.12 bits per heavy atom. The second kappa shape index (κ2) is 6.47. The number of aliphatic carboxylic acids is 1. The molecular formula is C12H22N2O3. The molecule has 5 nitrogen and oxygen atoms in total. The van der Waals surface area contributed by atoms with E-state index in [1.807, 2.05) is 0 Å². The van der Waals surface area contributed by atoms with E-state index >= 15 is 0 Å². The second-order valence-electron chi connectivity index (χ2n) is 5.14. The lowest BCUT2D eigenvalue weighted by molar-refractivity contribution is -0.137. The van der Waals surface area contributed by atoms with Crippen LogP contribution >= 0.6 is 0 Å². The van der Waals surface area contributed by atoms with Gasteiger partial charge in [-0.25, -0.2) is 4.79 Å². The summed E-state index contributed by atoms with van der Waals surface area (Å²) in [6.07, 6.45) is 3.54. The third-order valence-corrected chi connectivity index (χ3v) is 3.21. The number of urea groups is 1. The summed E-state index contributed by atoms with van der Waals surface area (Å²) in [6, 6.07) is -0.603. The summed E-state index contributed by atoms with van der Waals surface area (Å²) in [4.78, 5) is 21.9. The third kappa shape index (κ3) is 5.56. The van der Waals surface area contributed by atoms with Gasteiger partial charge in [-0.2, -0.15) is 0 Å². The van der Waals surface area contributed by atoms with Crippen LogP contribution in [0, 0.1) is 11.8 Å². The van der Waals surface area contributed by atoms with Gasteiger partial charge in [0.1, 0.15) is 0 Å². The van der Waals surface area contributed by atoms with Gasteiger partial charge >= 0.3 is 12.0 Å². The molecular weight excluding hydrogens is 220 g/mol. The predicted octanol–water partition coefficient (Wildman–Crippen LogP) is 1.58. The van der Waals surface area contributed by atoms with Crippen molar-refractivity contribution in [1.29, 1.82) is 0 Å². The fourth-order valence-corrected chi connectivity index (χ4v) is 2.34. The van der Waals surface area contributed by atoms with E-state index in [0.29, 0.717) is 12.5 Å². The van der Waals surface area contributed by atoms with Crippen molar-refractivity contribution in [2.75, 3.05) is 6.54 Å². The minimum atomic E-state index is -0.901. The van der Waals surface area contributed by atoms with Crippen LogP contribution in [0.15, 0.2) is 0 Å². The molecule has 0 bridgehead atoms. The molecule has 1 saturated carbocycles. The summed E-state index contributed by atoms with van der Waals surface area (Å²) >= 11 is 0. The summed E-state index contributed by atoms with van der Waals surface area (Å²) in [5.74, 6) is 0.434. The van der Waals surface area contributed by atoms with Crippen LogP contribution in [-0.2, 0) is 4.79 Å². The van der Waals surface area contributed by atoms with Crippen molar-refractivity contribution in [2.24, 2.45) is 11.8 Å². The van der Waals surface area contributed by atoms with E-state index in [1.165, 1.54) is 19.3 Å². The second-order valence-corrected chi connectivity index (χ2v) is 5.14. The van der Waals surface area contributed by atoms with Crippen LogP contribution in [0.4, 0.5) is 4.79 Å². The quantitative estimate of drug-likeness (QED) is 0.685. The van der Waals surface area contributed by atoms with E-state index in [1.54, 1.807) is 6.92 Å². The number of carboxylic acid groups (broad SMARTS) is 1. The molecule has 3 atom stereocenters. The molecule has 0 aromatic carbocycles. The first-order chi connectivity index (χ1) is 7.97. The lowest BCUT2D eigenvalue weighted by Crippen LogP contribution is -2.43. The molecule has 17 heavy (non-hydrogen) atoms. The van der Waals surface area contributed by atoms with Gasteiger partial charge in [0.15, 0.2) is 0 Å². The van der Waals surface area contributed by atoms with E-state index in [9.17, 15) is 9.59 Å². The van der Waals surface area contributed by atoms with Crippen molar-refractivity contribution in [3.8, 4) is 0 Å². The van der Waals surface area contributed by atoms with Gasteiger partial charge in [0.2, 0.25) is 0 Å². The zero-order valence-electron chi connectivity index (χ0n) is 10.5. The summed E-state index contributed by atoms with van der Waals surface area (Å²) in [5.41, 5.74) is 0. The van der Waals surface area contributed by atoms with E-state index in [2.05, 4.69) is 17.6 Å². The normalized spacial score (nSPS) is 25.3. The lowest BCUT2D eigenvalue weighted by atomic mass is 10.1. The summed E-state index contributed by atoms with van der Waals surface area (Å²) < 4.78 is 0. The zero-order chi connectivity index (χ0) is 12.8. The molecule has 3 N–H and O–H groups in total. The molecule has 98 valence electrons. The Labute approximate surface area is 102 Å². The number of hydrogen-bond donors (Lipinski definition) is 3. The molecule has 0 aromatic rings. The number of rotatable bonds is 5. The van der Waals surface area contributed by atoms with Gasteiger partial charge in [-0.1, -0.05) is 13.3 Å². The molecule has 0 heterocycles. The van der Waals surface area contributed by atoms with Gasteiger partial charge in [0, 0.05) is 12.6 Å². The van der Waals surface area contributed by atoms with Crippen molar-refractivity contribution in [3.63, 3.8) is 0 Å². The number of carbonyl (C=O) groups excluding carboxylic acids is 1. The molecule has 3 unspecified atom stereocenters. The molecule has 2 amide bonds. The maximum absolute atomic E-state index is 11.5. The van der Waals surface area contributed by atoms with Crippen LogP contribution in [0.3, 0.4) is 0 Å². The average molecular weight is 242 g/mol. The first kappa shape index (κ1) is 13.8. The van der Waals surface area contributed by atoms with Crippen molar-refractivity contribution >= 4 is 12.0 Å². The predicted molar refractivity (Wildman–Crippen MR) is 64.8 cm³/mol. The third-order valence-electron chi connectivity index (χ3n) is 3.21. The van der Waals surface area contributed by atoms with Gasteiger partial charge < -0.3 is 15.7 Å². The van der Waals surface area contributed by atoms with Gasteiger partial charge in [-0.05, 0) is 31.6 Å². The van der Waals surface area contributed by atoms with E-state index in [4.69, 9.17) is 5.11 Å². The Bertz CT molecular complexity index is 281. The van der Waals surface area contributed by atoms with Gasteiger partial charge in [0.25, 0.3) is 0 Å². The summed E-state index contributed by atoms with van der Waals surface area (Å²) in [7, 11) is 0. The van der Waals surface area contributed by atoms with Crippen LogP contribution in [-0.4, -0.2) is 29.7 Å². The van der Waals surface area contributed by atoms with Crippen LogP contribution in [0.1, 0.15) is 39.5 Å². The molecule has 1 aliphatic carbocycles. The summed E-state index contributed by atoms with van der Waals surface area (Å²) in [5, 5.41) is 14.0. The van der Waals surface area contributed by atoms with Crippen molar-refractivity contribution < 1.29 is 14.7 Å². The Morgan fingerprint density at radius 3 is 2.65 bits per heavy atom. The van der Waals surface area contributed by atoms with E-state index < -0.39 is 5.97 Å². The number of carbonyl (C=O) groups is 2. The highest BCUT2D eigenvalue weighted by atomic mass is 16.4. The molecule has 1 fully saturated rings.